The Labute approximate surface area is 94.4 Å². The summed E-state index contributed by atoms with van der Waals surface area (Å²) in [6.07, 6.45) is 4.55. The Bertz CT molecular complexity index is 313. The molecule has 3 nitrogen and oxygen atoms in total. The minimum atomic E-state index is 0.435. The fraction of sp³-hybridized carbons (Fsp3) is 0.545. The largest absolute Gasteiger partial charge is 0.493 e. The molecule has 82 valence electrons. The highest BCUT2D eigenvalue weighted by molar-refractivity contribution is 6.17. The normalized spacial score (nSPS) is 20.5. The van der Waals surface area contributed by atoms with Gasteiger partial charge in [-0.05, 0) is 12.5 Å². The molecule has 0 aliphatic carbocycles. The third-order valence-electron chi connectivity index (χ3n) is 2.50. The van der Waals surface area contributed by atoms with Crippen LogP contribution in [-0.4, -0.2) is 24.8 Å². The van der Waals surface area contributed by atoms with Crippen molar-refractivity contribution in [1.29, 1.82) is 0 Å². The van der Waals surface area contributed by atoms with Crippen LogP contribution in [0.5, 0.6) is 5.75 Å². The maximum Gasteiger partial charge on any atom is 0.126 e. The number of pyridine rings is 1. The van der Waals surface area contributed by atoms with Gasteiger partial charge >= 0.3 is 0 Å². The van der Waals surface area contributed by atoms with Crippen molar-refractivity contribution < 1.29 is 9.47 Å². The van der Waals surface area contributed by atoms with Crippen LogP contribution in [0.25, 0.3) is 0 Å². The number of rotatable bonds is 4. The van der Waals surface area contributed by atoms with Gasteiger partial charge in [-0.3, -0.25) is 4.98 Å². The zero-order valence-electron chi connectivity index (χ0n) is 8.49. The van der Waals surface area contributed by atoms with E-state index in [4.69, 9.17) is 21.1 Å². The molecule has 1 aromatic heterocycles. The van der Waals surface area contributed by atoms with Gasteiger partial charge in [-0.2, -0.15) is 0 Å². The molecule has 1 unspecified atom stereocenters. The summed E-state index contributed by atoms with van der Waals surface area (Å²) >= 11 is 5.78. The predicted molar refractivity (Wildman–Crippen MR) is 58.2 cm³/mol. The zero-order valence-corrected chi connectivity index (χ0v) is 9.24. The lowest BCUT2D eigenvalue weighted by molar-refractivity contribution is 0.167. The van der Waals surface area contributed by atoms with E-state index in [1.165, 1.54) is 0 Å². The molecule has 0 spiro atoms. The van der Waals surface area contributed by atoms with Crippen molar-refractivity contribution in [3.63, 3.8) is 0 Å². The van der Waals surface area contributed by atoms with E-state index < -0.39 is 0 Å². The van der Waals surface area contributed by atoms with Crippen LogP contribution in [0.1, 0.15) is 12.0 Å². The molecule has 1 aliphatic heterocycles. The Morgan fingerprint density at radius 2 is 2.53 bits per heavy atom. The minimum absolute atomic E-state index is 0.435. The summed E-state index contributed by atoms with van der Waals surface area (Å²) in [5.74, 6) is 1.79. The fourth-order valence-corrected chi connectivity index (χ4v) is 1.78. The number of ether oxygens (including phenoxy) is 2. The van der Waals surface area contributed by atoms with E-state index in [0.29, 0.717) is 18.4 Å². The highest BCUT2D eigenvalue weighted by Gasteiger charge is 2.16. The summed E-state index contributed by atoms with van der Waals surface area (Å²) in [5, 5.41) is 0. The van der Waals surface area contributed by atoms with Gasteiger partial charge in [-0.15, -0.1) is 11.6 Å². The lowest BCUT2D eigenvalue weighted by Gasteiger charge is -2.12. The Balaban J connectivity index is 1.91. The van der Waals surface area contributed by atoms with Crippen molar-refractivity contribution in [3.05, 3.63) is 24.0 Å². The molecule has 1 saturated heterocycles. The Morgan fingerprint density at radius 1 is 1.60 bits per heavy atom. The summed E-state index contributed by atoms with van der Waals surface area (Å²) in [6.45, 7) is 2.36. The summed E-state index contributed by atoms with van der Waals surface area (Å²) < 4.78 is 11.0. The average Bonchev–Trinajstić information content (AvgIpc) is 2.79. The third-order valence-corrected chi connectivity index (χ3v) is 2.79. The van der Waals surface area contributed by atoms with Crippen molar-refractivity contribution >= 4 is 11.6 Å². The number of hydrogen-bond donors (Lipinski definition) is 0. The summed E-state index contributed by atoms with van der Waals surface area (Å²) in [7, 11) is 0. The number of aromatic nitrogens is 1. The van der Waals surface area contributed by atoms with E-state index in [-0.39, 0.29) is 0 Å². The molecule has 2 heterocycles. The van der Waals surface area contributed by atoms with E-state index in [0.717, 1.165) is 30.9 Å². The first-order chi connectivity index (χ1) is 7.40. The quantitative estimate of drug-likeness (QED) is 0.740. The predicted octanol–water partition coefficient (Wildman–Crippen LogP) is 2.24. The molecule has 1 fully saturated rings. The van der Waals surface area contributed by atoms with Gasteiger partial charge in [0.1, 0.15) is 5.75 Å². The molecule has 0 radical (unpaired) electrons. The van der Waals surface area contributed by atoms with Crippen LogP contribution in [-0.2, 0) is 10.6 Å². The van der Waals surface area contributed by atoms with Crippen LogP contribution >= 0.6 is 11.6 Å². The van der Waals surface area contributed by atoms with Crippen LogP contribution in [0.2, 0.25) is 0 Å². The molecule has 0 aromatic carbocycles. The molecular formula is C11H14ClNO2. The molecule has 0 saturated carbocycles. The average molecular weight is 228 g/mol. The van der Waals surface area contributed by atoms with Crippen molar-refractivity contribution in [1.82, 2.24) is 4.98 Å². The van der Waals surface area contributed by atoms with Crippen LogP contribution in [0.15, 0.2) is 18.5 Å². The maximum atomic E-state index is 5.78. The van der Waals surface area contributed by atoms with Gasteiger partial charge < -0.3 is 9.47 Å². The molecule has 0 bridgehead atoms. The van der Waals surface area contributed by atoms with Gasteiger partial charge in [-0.25, -0.2) is 0 Å². The van der Waals surface area contributed by atoms with Gasteiger partial charge in [0.2, 0.25) is 0 Å². The van der Waals surface area contributed by atoms with Crippen LogP contribution < -0.4 is 4.74 Å². The number of hydrogen-bond acceptors (Lipinski definition) is 3. The Morgan fingerprint density at radius 3 is 3.27 bits per heavy atom. The molecule has 1 atom stereocenters. The van der Waals surface area contributed by atoms with Crippen molar-refractivity contribution in [2.45, 2.75) is 12.3 Å². The first kappa shape index (κ1) is 10.7. The van der Waals surface area contributed by atoms with Crippen LogP contribution in [0.4, 0.5) is 0 Å². The highest BCUT2D eigenvalue weighted by atomic mass is 35.5. The Kier molecular flexibility index (Phi) is 3.80. The smallest absolute Gasteiger partial charge is 0.126 e. The van der Waals surface area contributed by atoms with Crippen molar-refractivity contribution in [2.75, 3.05) is 19.8 Å². The molecule has 2 rings (SSSR count). The van der Waals surface area contributed by atoms with Crippen LogP contribution in [0, 0.1) is 5.92 Å². The summed E-state index contributed by atoms with van der Waals surface area (Å²) in [5.41, 5.74) is 0.943. The molecule has 4 heteroatoms. The van der Waals surface area contributed by atoms with Gasteiger partial charge in [0.15, 0.2) is 0 Å². The van der Waals surface area contributed by atoms with E-state index >= 15 is 0 Å². The molecule has 1 aliphatic rings. The molecular weight excluding hydrogens is 214 g/mol. The Hall–Kier alpha value is -0.800. The van der Waals surface area contributed by atoms with Gasteiger partial charge in [0.25, 0.3) is 0 Å². The number of alkyl halides is 1. The lowest BCUT2D eigenvalue weighted by Crippen LogP contribution is -2.12. The van der Waals surface area contributed by atoms with Gasteiger partial charge in [0, 0.05) is 30.5 Å². The topological polar surface area (TPSA) is 31.4 Å². The molecule has 0 N–H and O–H groups in total. The lowest BCUT2D eigenvalue weighted by atomic mass is 10.1. The maximum absolute atomic E-state index is 5.78. The van der Waals surface area contributed by atoms with Crippen LogP contribution in [0.3, 0.4) is 0 Å². The third kappa shape index (κ3) is 2.83. The van der Waals surface area contributed by atoms with E-state index in [1.807, 2.05) is 6.07 Å². The second-order valence-electron chi connectivity index (χ2n) is 3.66. The summed E-state index contributed by atoms with van der Waals surface area (Å²) in [4.78, 5) is 4.01. The first-order valence-corrected chi connectivity index (χ1v) is 5.63. The minimum Gasteiger partial charge on any atom is -0.493 e. The zero-order chi connectivity index (χ0) is 10.5. The monoisotopic (exact) mass is 227 g/mol. The summed E-state index contributed by atoms with van der Waals surface area (Å²) in [6, 6.07) is 1.85. The van der Waals surface area contributed by atoms with E-state index in [9.17, 15) is 0 Å². The standard InChI is InChI=1S/C11H14ClNO2/c12-5-10-6-13-3-1-11(10)15-8-9-2-4-14-7-9/h1,3,6,9H,2,4-5,7-8H2. The fourth-order valence-electron chi connectivity index (χ4n) is 1.58. The first-order valence-electron chi connectivity index (χ1n) is 5.09. The highest BCUT2D eigenvalue weighted by Crippen LogP contribution is 2.21. The van der Waals surface area contributed by atoms with Crippen molar-refractivity contribution in [2.24, 2.45) is 5.92 Å². The molecule has 1 aromatic rings. The second kappa shape index (κ2) is 5.33. The second-order valence-corrected chi connectivity index (χ2v) is 3.92. The molecule has 15 heavy (non-hydrogen) atoms. The SMILES string of the molecule is ClCc1cnccc1OCC1CCOC1. The number of halogens is 1. The van der Waals surface area contributed by atoms with E-state index in [1.54, 1.807) is 12.4 Å². The number of nitrogens with zero attached hydrogens (tertiary/aromatic N) is 1. The van der Waals surface area contributed by atoms with Gasteiger partial charge in [0.05, 0.1) is 19.1 Å². The van der Waals surface area contributed by atoms with Crippen molar-refractivity contribution in [3.8, 4) is 5.75 Å². The molecule has 0 amide bonds. The van der Waals surface area contributed by atoms with E-state index in [2.05, 4.69) is 4.98 Å². The van der Waals surface area contributed by atoms with Gasteiger partial charge in [-0.1, -0.05) is 0 Å².